The summed E-state index contributed by atoms with van der Waals surface area (Å²) in [5.41, 5.74) is -0.452. The fourth-order valence-corrected chi connectivity index (χ4v) is 3.50. The van der Waals surface area contributed by atoms with Crippen LogP contribution >= 0.6 is 24.0 Å². The van der Waals surface area contributed by atoms with Crippen LogP contribution in [0.1, 0.15) is 34.6 Å². The maximum atomic E-state index is 12.0. The monoisotopic (exact) mass is 524 g/mol. The summed E-state index contributed by atoms with van der Waals surface area (Å²) in [6.45, 7) is 19.3. The number of aliphatic imine (C=N–C) groups is 1. The van der Waals surface area contributed by atoms with E-state index >= 15 is 0 Å². The van der Waals surface area contributed by atoms with E-state index in [2.05, 4.69) is 39.3 Å². The fourth-order valence-electron chi connectivity index (χ4n) is 3.50. The van der Waals surface area contributed by atoms with Crippen LogP contribution in [0.2, 0.25) is 0 Å². The van der Waals surface area contributed by atoms with Crippen LogP contribution in [0.5, 0.6) is 0 Å². The van der Waals surface area contributed by atoms with E-state index in [1.165, 1.54) is 13.1 Å². The molecular formula is C20H41IN6O2. The first-order valence-electron chi connectivity index (χ1n) is 10.6. The third-order valence-corrected chi connectivity index (χ3v) is 5.20. The molecule has 2 aliphatic rings. The summed E-state index contributed by atoms with van der Waals surface area (Å²) in [5.74, 6) is 1.35. The number of halogens is 1. The quantitative estimate of drug-likeness (QED) is 0.313. The van der Waals surface area contributed by atoms with E-state index in [0.29, 0.717) is 19.0 Å². The summed E-state index contributed by atoms with van der Waals surface area (Å²) in [6, 6.07) is 0.219. The number of carbonyl (C=O) groups excluding carboxylic acids is 1. The lowest BCUT2D eigenvalue weighted by molar-refractivity contribution is 0.00700. The molecule has 0 aliphatic carbocycles. The van der Waals surface area contributed by atoms with E-state index in [-0.39, 0.29) is 36.1 Å². The van der Waals surface area contributed by atoms with Crippen molar-refractivity contribution in [1.82, 2.24) is 25.3 Å². The molecule has 0 aromatic rings. The molecule has 1 unspecified atom stereocenters. The highest BCUT2D eigenvalue weighted by Gasteiger charge is 2.34. The van der Waals surface area contributed by atoms with Crippen molar-refractivity contribution in [3.8, 4) is 0 Å². The van der Waals surface area contributed by atoms with Gasteiger partial charge in [-0.2, -0.15) is 0 Å². The topological polar surface area (TPSA) is 72.4 Å². The van der Waals surface area contributed by atoms with Gasteiger partial charge in [-0.1, -0.05) is 13.8 Å². The molecule has 0 spiro atoms. The molecule has 29 heavy (non-hydrogen) atoms. The van der Waals surface area contributed by atoms with Crippen LogP contribution in [0, 0.1) is 5.92 Å². The summed E-state index contributed by atoms with van der Waals surface area (Å²) in [7, 11) is 1.79. The van der Waals surface area contributed by atoms with E-state index in [0.717, 1.165) is 38.7 Å². The second-order valence-electron chi connectivity index (χ2n) is 9.02. The van der Waals surface area contributed by atoms with Crippen molar-refractivity contribution in [1.29, 1.82) is 0 Å². The number of likely N-dealkylation sites (N-methyl/N-ethyl adjacent to an activating group) is 1. The van der Waals surface area contributed by atoms with E-state index in [9.17, 15) is 4.79 Å². The van der Waals surface area contributed by atoms with Crippen molar-refractivity contribution in [3.05, 3.63) is 0 Å². The average Bonchev–Trinajstić information content (AvgIpc) is 2.59. The predicted octanol–water partition coefficient (Wildman–Crippen LogP) is 1.66. The highest BCUT2D eigenvalue weighted by atomic mass is 127. The van der Waals surface area contributed by atoms with Crippen LogP contribution in [0.4, 0.5) is 4.79 Å². The number of hydrogen-bond acceptors (Lipinski definition) is 5. The van der Waals surface area contributed by atoms with Crippen molar-refractivity contribution < 1.29 is 9.53 Å². The molecule has 0 aromatic carbocycles. The lowest BCUT2D eigenvalue weighted by Gasteiger charge is -2.40. The molecule has 2 fully saturated rings. The number of hydrogen-bond donors (Lipinski definition) is 2. The molecule has 0 aromatic heterocycles. The Labute approximate surface area is 193 Å². The maximum Gasteiger partial charge on any atom is 0.410 e. The lowest BCUT2D eigenvalue weighted by Crippen LogP contribution is -2.63. The molecule has 170 valence electrons. The minimum absolute atomic E-state index is 0. The van der Waals surface area contributed by atoms with Gasteiger partial charge in [0.15, 0.2) is 5.96 Å². The molecule has 2 saturated heterocycles. The largest absolute Gasteiger partial charge is 0.444 e. The van der Waals surface area contributed by atoms with Crippen LogP contribution < -0.4 is 10.6 Å². The zero-order valence-electron chi connectivity index (χ0n) is 19.0. The zero-order chi connectivity index (χ0) is 20.7. The first-order valence-corrected chi connectivity index (χ1v) is 10.6. The molecule has 0 radical (unpaired) electrons. The fraction of sp³-hybridized carbons (Fsp3) is 0.900. The van der Waals surface area contributed by atoms with Crippen LogP contribution in [-0.2, 0) is 4.74 Å². The number of carbonyl (C=O) groups is 1. The summed E-state index contributed by atoms with van der Waals surface area (Å²) >= 11 is 0. The van der Waals surface area contributed by atoms with Crippen molar-refractivity contribution in [2.75, 3.05) is 66.0 Å². The minimum atomic E-state index is -0.452. The number of amides is 1. The Morgan fingerprint density at radius 3 is 2.28 bits per heavy atom. The molecule has 2 aliphatic heterocycles. The number of piperazine rings is 1. The molecule has 8 nitrogen and oxygen atoms in total. The van der Waals surface area contributed by atoms with Gasteiger partial charge in [-0.3, -0.25) is 4.99 Å². The van der Waals surface area contributed by atoms with Gasteiger partial charge in [0.05, 0.1) is 6.04 Å². The van der Waals surface area contributed by atoms with Gasteiger partial charge in [0.25, 0.3) is 0 Å². The Morgan fingerprint density at radius 1 is 1.17 bits per heavy atom. The molecule has 1 atom stereocenters. The van der Waals surface area contributed by atoms with E-state index in [1.807, 2.05) is 20.8 Å². The van der Waals surface area contributed by atoms with Crippen molar-refractivity contribution in [2.24, 2.45) is 10.9 Å². The number of guanidine groups is 1. The third-order valence-electron chi connectivity index (χ3n) is 5.20. The Bertz CT molecular complexity index is 526. The highest BCUT2D eigenvalue weighted by molar-refractivity contribution is 14.0. The first-order chi connectivity index (χ1) is 13.2. The molecule has 9 heteroatoms. The molecule has 2 rings (SSSR count). The van der Waals surface area contributed by atoms with Crippen LogP contribution in [0.3, 0.4) is 0 Å². The average molecular weight is 524 g/mol. The lowest BCUT2D eigenvalue weighted by atomic mass is 10.1. The van der Waals surface area contributed by atoms with Gasteiger partial charge in [0, 0.05) is 59.4 Å². The van der Waals surface area contributed by atoms with E-state index < -0.39 is 5.60 Å². The van der Waals surface area contributed by atoms with Gasteiger partial charge in [0.1, 0.15) is 5.60 Å². The van der Waals surface area contributed by atoms with E-state index in [1.54, 1.807) is 11.9 Å². The van der Waals surface area contributed by atoms with Gasteiger partial charge < -0.3 is 30.1 Å². The van der Waals surface area contributed by atoms with Gasteiger partial charge in [-0.05, 0) is 33.2 Å². The van der Waals surface area contributed by atoms with Gasteiger partial charge >= 0.3 is 6.09 Å². The molecule has 1 amide bonds. The Balaban J connectivity index is 0.00000420. The zero-order valence-corrected chi connectivity index (χ0v) is 21.4. The van der Waals surface area contributed by atoms with Crippen LogP contribution in [-0.4, -0.2) is 104 Å². The molecule has 0 bridgehead atoms. The first kappa shape index (κ1) is 26.2. The highest BCUT2D eigenvalue weighted by Crippen LogP contribution is 2.15. The smallest absolute Gasteiger partial charge is 0.410 e. The number of likely N-dealkylation sites (tertiary alicyclic amines) is 1. The number of ether oxygens (including phenoxy) is 1. The SMILES string of the molecule is CCN1CCN(CC(C)CNC(=NC)NC2CN(C(=O)OC(C)(C)C)C2)CC1.I. The molecule has 2 N–H and O–H groups in total. The van der Waals surface area contributed by atoms with Gasteiger partial charge in [-0.15, -0.1) is 24.0 Å². The van der Waals surface area contributed by atoms with Crippen molar-refractivity contribution >= 4 is 36.0 Å². The normalized spacial score (nSPS) is 20.5. The summed E-state index contributed by atoms with van der Waals surface area (Å²) in [6.07, 6.45) is -0.245. The third kappa shape index (κ3) is 9.25. The number of nitrogens with one attached hydrogen (secondary N) is 2. The summed E-state index contributed by atoms with van der Waals surface area (Å²) in [5, 5.41) is 6.82. The standard InChI is InChI=1S/C20H40N6O2.HI/c1-7-24-8-10-25(11-9-24)13-16(2)12-22-18(21-6)23-17-14-26(15-17)19(27)28-20(3,4)5;/h16-17H,7-15H2,1-6H3,(H2,21,22,23);1H. The maximum absolute atomic E-state index is 12.0. The number of rotatable bonds is 6. The van der Waals surface area contributed by atoms with Crippen LogP contribution in [0.25, 0.3) is 0 Å². The van der Waals surface area contributed by atoms with Gasteiger partial charge in [-0.25, -0.2) is 4.79 Å². The second-order valence-corrected chi connectivity index (χ2v) is 9.02. The van der Waals surface area contributed by atoms with Gasteiger partial charge in [0.2, 0.25) is 0 Å². The summed E-state index contributed by atoms with van der Waals surface area (Å²) < 4.78 is 5.39. The summed E-state index contributed by atoms with van der Waals surface area (Å²) in [4.78, 5) is 23.1. The molecular weight excluding hydrogens is 483 g/mol. The molecule has 0 saturated carbocycles. The second kappa shape index (κ2) is 12.1. The Kier molecular flexibility index (Phi) is 11.0. The van der Waals surface area contributed by atoms with Crippen LogP contribution in [0.15, 0.2) is 4.99 Å². The molecule has 2 heterocycles. The predicted molar refractivity (Wildman–Crippen MR) is 129 cm³/mol. The van der Waals surface area contributed by atoms with Crippen molar-refractivity contribution in [3.63, 3.8) is 0 Å². The van der Waals surface area contributed by atoms with Crippen molar-refractivity contribution in [2.45, 2.75) is 46.3 Å². The minimum Gasteiger partial charge on any atom is -0.444 e. The Hall–Kier alpha value is -0.810. The Morgan fingerprint density at radius 2 is 1.76 bits per heavy atom. The van der Waals surface area contributed by atoms with E-state index in [4.69, 9.17) is 4.74 Å². The number of nitrogens with zero attached hydrogens (tertiary/aromatic N) is 4.